The number of amides is 1. The van der Waals surface area contributed by atoms with Crippen LogP contribution in [0.1, 0.15) is 39.4 Å². The largest absolute Gasteiger partial charge is 0.410 e. The summed E-state index contributed by atoms with van der Waals surface area (Å²) in [5.41, 5.74) is 0.969. The molecule has 2 aromatic heterocycles. The minimum Gasteiger partial charge on any atom is -0.362 e. The Hall–Kier alpha value is -2.04. The predicted molar refractivity (Wildman–Crippen MR) is 114 cm³/mol. The van der Waals surface area contributed by atoms with E-state index in [9.17, 15) is 18.0 Å². The van der Waals surface area contributed by atoms with E-state index in [0.717, 1.165) is 9.56 Å². The van der Waals surface area contributed by atoms with Crippen LogP contribution in [0.4, 0.5) is 24.7 Å². The first-order valence-electron chi connectivity index (χ1n) is 8.88. The van der Waals surface area contributed by atoms with Gasteiger partial charge in [0.25, 0.3) is 5.91 Å². The molecule has 30 heavy (non-hydrogen) atoms. The highest BCUT2D eigenvalue weighted by Gasteiger charge is 2.48. The fourth-order valence-electron chi connectivity index (χ4n) is 3.34. The number of hydrogen-bond donors (Lipinski definition) is 2. The van der Waals surface area contributed by atoms with Crippen LogP contribution in [0.2, 0.25) is 5.02 Å². The molecule has 1 aromatic carbocycles. The van der Waals surface area contributed by atoms with Crippen molar-refractivity contribution in [2.24, 2.45) is 0 Å². The van der Waals surface area contributed by atoms with E-state index in [0.29, 0.717) is 16.3 Å². The zero-order chi connectivity index (χ0) is 21.6. The van der Waals surface area contributed by atoms with Gasteiger partial charge in [-0.3, -0.25) is 4.79 Å². The molecule has 1 aliphatic heterocycles. The Morgan fingerprint density at radius 2 is 2.13 bits per heavy atom. The van der Waals surface area contributed by atoms with Crippen LogP contribution in [0.15, 0.2) is 40.2 Å². The molecular weight excluding hydrogens is 505 g/mol. The summed E-state index contributed by atoms with van der Waals surface area (Å²) in [4.78, 5) is 13.6. The minimum atomic E-state index is -4.52. The van der Waals surface area contributed by atoms with Crippen molar-refractivity contribution in [2.45, 2.75) is 31.6 Å². The second-order valence-electron chi connectivity index (χ2n) is 6.83. The molecule has 11 heteroatoms. The van der Waals surface area contributed by atoms with Gasteiger partial charge in [0.1, 0.15) is 5.82 Å². The van der Waals surface area contributed by atoms with Crippen molar-refractivity contribution in [3.63, 3.8) is 0 Å². The average molecular weight is 520 g/mol. The summed E-state index contributed by atoms with van der Waals surface area (Å²) in [5, 5.41) is 12.1. The summed E-state index contributed by atoms with van der Waals surface area (Å²) < 4.78 is 42.4. The molecular formula is C19H15BrClF3N4OS. The van der Waals surface area contributed by atoms with Crippen molar-refractivity contribution in [3.8, 4) is 0 Å². The topological polar surface area (TPSA) is 59.0 Å². The lowest BCUT2D eigenvalue weighted by molar-refractivity contribution is -0.173. The number of rotatable bonds is 3. The van der Waals surface area contributed by atoms with E-state index in [1.165, 1.54) is 11.3 Å². The van der Waals surface area contributed by atoms with Gasteiger partial charge in [-0.1, -0.05) is 23.7 Å². The first-order valence-corrected chi connectivity index (χ1v) is 10.9. The molecule has 4 rings (SSSR count). The molecule has 3 aromatic rings. The van der Waals surface area contributed by atoms with Crippen LogP contribution in [-0.2, 0) is 0 Å². The van der Waals surface area contributed by atoms with E-state index in [-0.39, 0.29) is 22.4 Å². The van der Waals surface area contributed by atoms with E-state index >= 15 is 0 Å². The standard InChI is InChI=1S/C19H15BrClF3N4OS/c1-9-10(21)4-2-5-11(9)26-18(29)16-15(20)17-25-12(13-6-3-7-30-13)8-14(19(22,23)24)28(17)27-16/h2-7,12,14,25H,8H2,1H3,(H,26,29)/t12-,14+/m1/s1. The number of alkyl halides is 3. The molecule has 0 bridgehead atoms. The zero-order valence-electron chi connectivity index (χ0n) is 15.4. The van der Waals surface area contributed by atoms with Crippen LogP contribution < -0.4 is 10.6 Å². The van der Waals surface area contributed by atoms with Crippen LogP contribution in [0.25, 0.3) is 0 Å². The molecule has 0 spiro atoms. The molecule has 0 radical (unpaired) electrons. The molecule has 5 nitrogen and oxygen atoms in total. The maximum absolute atomic E-state index is 13.8. The Morgan fingerprint density at radius 3 is 2.80 bits per heavy atom. The Balaban J connectivity index is 1.71. The number of carbonyl (C=O) groups excluding carboxylic acids is 1. The maximum atomic E-state index is 13.8. The summed E-state index contributed by atoms with van der Waals surface area (Å²) in [6.45, 7) is 1.73. The number of benzene rings is 1. The Bertz CT molecular complexity index is 1100. The van der Waals surface area contributed by atoms with E-state index in [2.05, 4.69) is 31.7 Å². The summed E-state index contributed by atoms with van der Waals surface area (Å²) in [6.07, 6.45) is -4.74. The number of nitrogens with zero attached hydrogens (tertiary/aromatic N) is 2. The molecule has 0 fully saturated rings. The first kappa shape index (κ1) is 21.2. The van der Waals surface area contributed by atoms with Gasteiger partial charge in [0.05, 0.1) is 10.5 Å². The number of fused-ring (bicyclic) bond motifs is 1. The van der Waals surface area contributed by atoms with Gasteiger partial charge >= 0.3 is 6.18 Å². The van der Waals surface area contributed by atoms with Gasteiger partial charge in [0.2, 0.25) is 0 Å². The third-order valence-corrected chi connectivity index (χ3v) is 7.06. The molecule has 158 valence electrons. The van der Waals surface area contributed by atoms with Crippen LogP contribution in [0.5, 0.6) is 0 Å². The summed E-state index contributed by atoms with van der Waals surface area (Å²) in [7, 11) is 0. The lowest BCUT2D eigenvalue weighted by Crippen LogP contribution is -2.35. The van der Waals surface area contributed by atoms with Crippen LogP contribution in [-0.4, -0.2) is 21.9 Å². The molecule has 3 heterocycles. The highest BCUT2D eigenvalue weighted by atomic mass is 79.9. The van der Waals surface area contributed by atoms with E-state index in [4.69, 9.17) is 11.6 Å². The van der Waals surface area contributed by atoms with Gasteiger partial charge in [-0.25, -0.2) is 4.68 Å². The van der Waals surface area contributed by atoms with Crippen molar-refractivity contribution < 1.29 is 18.0 Å². The highest BCUT2D eigenvalue weighted by molar-refractivity contribution is 9.10. The average Bonchev–Trinajstić information content (AvgIpc) is 3.32. The van der Waals surface area contributed by atoms with Gasteiger partial charge < -0.3 is 10.6 Å². The molecule has 2 atom stereocenters. The number of aromatic nitrogens is 2. The fraction of sp³-hybridized carbons (Fsp3) is 0.263. The highest BCUT2D eigenvalue weighted by Crippen LogP contribution is 2.47. The van der Waals surface area contributed by atoms with Gasteiger partial charge in [-0.2, -0.15) is 18.3 Å². The summed E-state index contributed by atoms with van der Waals surface area (Å²) in [5.74, 6) is -0.514. The molecule has 0 unspecified atom stereocenters. The Kier molecular flexibility index (Phi) is 5.58. The van der Waals surface area contributed by atoms with Crippen LogP contribution in [0.3, 0.4) is 0 Å². The van der Waals surface area contributed by atoms with Crippen molar-refractivity contribution in [2.75, 3.05) is 10.6 Å². The SMILES string of the molecule is Cc1c(Cl)cccc1NC(=O)c1nn2c(c1Br)N[C@@H](c1cccs1)C[C@H]2C(F)(F)F. The molecule has 2 N–H and O–H groups in total. The fourth-order valence-corrected chi connectivity index (χ4v) is 4.86. The van der Waals surface area contributed by atoms with Crippen molar-refractivity contribution in [3.05, 3.63) is 61.3 Å². The number of anilines is 2. The number of thiophene rings is 1. The second-order valence-corrected chi connectivity index (χ2v) is 9.01. The van der Waals surface area contributed by atoms with Crippen molar-refractivity contribution in [1.82, 2.24) is 9.78 Å². The molecule has 1 amide bonds. The van der Waals surface area contributed by atoms with Crippen molar-refractivity contribution in [1.29, 1.82) is 0 Å². The quantitative estimate of drug-likeness (QED) is 0.411. The first-order chi connectivity index (χ1) is 14.2. The third-order valence-electron chi connectivity index (χ3n) is 4.91. The van der Waals surface area contributed by atoms with Crippen LogP contribution >= 0.6 is 38.9 Å². The van der Waals surface area contributed by atoms with Gasteiger partial charge in [0, 0.05) is 22.0 Å². The number of carbonyl (C=O) groups is 1. The maximum Gasteiger partial charge on any atom is 0.410 e. The van der Waals surface area contributed by atoms with Gasteiger partial charge in [-0.05, 0) is 52.0 Å². The number of hydrogen-bond acceptors (Lipinski definition) is 4. The Morgan fingerprint density at radius 1 is 1.37 bits per heavy atom. The molecule has 0 saturated carbocycles. The monoisotopic (exact) mass is 518 g/mol. The Labute approximate surface area is 187 Å². The normalized spacial score (nSPS) is 18.6. The van der Waals surface area contributed by atoms with E-state index < -0.39 is 24.2 Å². The third kappa shape index (κ3) is 3.83. The minimum absolute atomic E-state index is 0.120. The van der Waals surface area contributed by atoms with E-state index in [1.807, 2.05) is 5.38 Å². The zero-order valence-corrected chi connectivity index (χ0v) is 18.6. The number of nitrogens with one attached hydrogen (secondary N) is 2. The lowest BCUT2D eigenvalue weighted by atomic mass is 10.0. The second kappa shape index (κ2) is 7.90. The predicted octanol–water partition coefficient (Wildman–Crippen LogP) is 6.58. The summed E-state index contributed by atoms with van der Waals surface area (Å²) in [6, 6.07) is 6.19. The van der Waals surface area contributed by atoms with E-state index in [1.54, 1.807) is 37.3 Å². The number of halogens is 5. The van der Waals surface area contributed by atoms with Crippen molar-refractivity contribution >= 4 is 56.3 Å². The smallest absolute Gasteiger partial charge is 0.362 e. The lowest BCUT2D eigenvalue weighted by Gasteiger charge is -2.33. The molecule has 0 saturated heterocycles. The van der Waals surface area contributed by atoms with Gasteiger partial charge in [-0.15, -0.1) is 11.3 Å². The van der Waals surface area contributed by atoms with Crippen LogP contribution in [0, 0.1) is 6.92 Å². The van der Waals surface area contributed by atoms with Gasteiger partial charge in [0.15, 0.2) is 11.7 Å². The summed E-state index contributed by atoms with van der Waals surface area (Å²) >= 11 is 10.7. The molecule has 0 aliphatic carbocycles. The molecule has 1 aliphatic rings.